The number of hydrogen-bond donors (Lipinski definition) is 1. The molecule has 1 aliphatic carbocycles. The van der Waals surface area contributed by atoms with Crippen LogP contribution in [0.4, 0.5) is 0 Å². The van der Waals surface area contributed by atoms with E-state index in [1.165, 1.54) is 0 Å². The molecule has 0 aliphatic heterocycles. The molecule has 1 saturated carbocycles. The molecule has 1 aliphatic rings. The number of rotatable bonds is 4. The number of hydrogen-bond acceptors (Lipinski definition) is 1. The summed E-state index contributed by atoms with van der Waals surface area (Å²) in [6.45, 7) is 0. The summed E-state index contributed by atoms with van der Waals surface area (Å²) in [5, 5.41) is 9.15. The standard InChI is InChI=1S/C14H16O2/c15-13(16)14(10-5-11-14)9-4-8-12-6-2-1-3-7-12/h1-4,6-8H,5,9-11H2,(H,15,16). The molecule has 0 radical (unpaired) electrons. The second-order valence-electron chi connectivity index (χ2n) is 4.46. The molecule has 2 rings (SSSR count). The highest BCUT2D eigenvalue weighted by Gasteiger charge is 2.42. The lowest BCUT2D eigenvalue weighted by atomic mass is 9.66. The SMILES string of the molecule is O=C(O)C1(CC=Cc2ccccc2)CCC1. The number of allylic oxidation sites excluding steroid dienone is 1. The minimum atomic E-state index is -0.642. The van der Waals surface area contributed by atoms with E-state index in [0.29, 0.717) is 6.42 Å². The number of aliphatic carboxylic acids is 1. The number of carbonyl (C=O) groups is 1. The van der Waals surface area contributed by atoms with Crippen molar-refractivity contribution in [2.75, 3.05) is 0 Å². The Balaban J connectivity index is 1.97. The van der Waals surface area contributed by atoms with Crippen LogP contribution in [0.15, 0.2) is 36.4 Å². The average molecular weight is 216 g/mol. The third-order valence-electron chi connectivity index (χ3n) is 3.38. The van der Waals surface area contributed by atoms with E-state index in [1.54, 1.807) is 0 Å². The maximum atomic E-state index is 11.1. The second-order valence-corrected chi connectivity index (χ2v) is 4.46. The Morgan fingerprint density at radius 2 is 2.00 bits per heavy atom. The molecule has 0 spiro atoms. The summed E-state index contributed by atoms with van der Waals surface area (Å²) in [5.74, 6) is -0.642. The van der Waals surface area contributed by atoms with Crippen LogP contribution in [0.25, 0.3) is 6.08 Å². The molecular weight excluding hydrogens is 200 g/mol. The van der Waals surface area contributed by atoms with Crippen molar-refractivity contribution >= 4 is 12.0 Å². The van der Waals surface area contributed by atoms with Gasteiger partial charge in [-0.05, 0) is 24.8 Å². The number of carboxylic acids is 1. The highest BCUT2D eigenvalue weighted by molar-refractivity contribution is 5.76. The molecule has 16 heavy (non-hydrogen) atoms. The first-order chi connectivity index (χ1) is 7.73. The van der Waals surface area contributed by atoms with Crippen LogP contribution in [0, 0.1) is 5.41 Å². The Morgan fingerprint density at radius 3 is 2.50 bits per heavy atom. The highest BCUT2D eigenvalue weighted by Crippen LogP contribution is 2.44. The van der Waals surface area contributed by atoms with Gasteiger partial charge in [-0.1, -0.05) is 48.9 Å². The van der Waals surface area contributed by atoms with Gasteiger partial charge in [-0.15, -0.1) is 0 Å². The van der Waals surface area contributed by atoms with Gasteiger partial charge in [0.05, 0.1) is 5.41 Å². The first kappa shape index (κ1) is 10.9. The second kappa shape index (κ2) is 4.52. The van der Waals surface area contributed by atoms with Crippen LogP contribution >= 0.6 is 0 Å². The van der Waals surface area contributed by atoms with Crippen LogP contribution in [-0.2, 0) is 4.79 Å². The van der Waals surface area contributed by atoms with Crippen molar-refractivity contribution in [1.29, 1.82) is 0 Å². The van der Waals surface area contributed by atoms with Crippen LogP contribution in [0.2, 0.25) is 0 Å². The summed E-state index contributed by atoms with van der Waals surface area (Å²) in [7, 11) is 0. The maximum Gasteiger partial charge on any atom is 0.309 e. The first-order valence-corrected chi connectivity index (χ1v) is 5.68. The molecule has 0 heterocycles. The van der Waals surface area contributed by atoms with Crippen LogP contribution in [-0.4, -0.2) is 11.1 Å². The molecule has 2 heteroatoms. The summed E-state index contributed by atoms with van der Waals surface area (Å²) >= 11 is 0. The van der Waals surface area contributed by atoms with Gasteiger partial charge in [-0.25, -0.2) is 0 Å². The lowest BCUT2D eigenvalue weighted by Crippen LogP contribution is -2.37. The molecule has 0 bridgehead atoms. The minimum Gasteiger partial charge on any atom is -0.481 e. The fourth-order valence-corrected chi connectivity index (χ4v) is 2.09. The van der Waals surface area contributed by atoms with Gasteiger partial charge in [-0.2, -0.15) is 0 Å². The Bertz CT molecular complexity index is 388. The van der Waals surface area contributed by atoms with Crippen molar-refractivity contribution in [3.05, 3.63) is 42.0 Å². The fourth-order valence-electron chi connectivity index (χ4n) is 2.09. The Morgan fingerprint density at radius 1 is 1.31 bits per heavy atom. The third-order valence-corrected chi connectivity index (χ3v) is 3.38. The molecule has 0 atom stereocenters. The lowest BCUT2D eigenvalue weighted by Gasteiger charge is -2.36. The lowest BCUT2D eigenvalue weighted by molar-refractivity contribution is -0.154. The van der Waals surface area contributed by atoms with E-state index in [1.807, 2.05) is 42.5 Å². The van der Waals surface area contributed by atoms with Crippen molar-refractivity contribution in [2.24, 2.45) is 5.41 Å². The van der Waals surface area contributed by atoms with Crippen LogP contribution in [0.5, 0.6) is 0 Å². The first-order valence-electron chi connectivity index (χ1n) is 5.68. The molecule has 84 valence electrons. The van der Waals surface area contributed by atoms with Gasteiger partial charge >= 0.3 is 5.97 Å². The normalized spacial score (nSPS) is 18.2. The molecule has 1 N–H and O–H groups in total. The smallest absolute Gasteiger partial charge is 0.309 e. The van der Waals surface area contributed by atoms with E-state index in [2.05, 4.69) is 0 Å². The van der Waals surface area contributed by atoms with Gasteiger partial charge in [0.25, 0.3) is 0 Å². The minimum absolute atomic E-state index is 0.467. The number of carboxylic acid groups (broad SMARTS) is 1. The predicted molar refractivity (Wildman–Crippen MR) is 64.0 cm³/mol. The van der Waals surface area contributed by atoms with Crippen molar-refractivity contribution in [1.82, 2.24) is 0 Å². The summed E-state index contributed by atoms with van der Waals surface area (Å²) in [5.41, 5.74) is 0.660. The zero-order valence-electron chi connectivity index (χ0n) is 9.23. The zero-order chi connectivity index (χ0) is 11.4. The fraction of sp³-hybridized carbons (Fsp3) is 0.357. The van der Waals surface area contributed by atoms with Crippen LogP contribution in [0.1, 0.15) is 31.2 Å². The van der Waals surface area contributed by atoms with Gasteiger partial charge < -0.3 is 5.11 Å². The Labute approximate surface area is 95.6 Å². The van der Waals surface area contributed by atoms with Crippen molar-refractivity contribution < 1.29 is 9.90 Å². The molecule has 2 nitrogen and oxygen atoms in total. The molecule has 1 aromatic rings. The maximum absolute atomic E-state index is 11.1. The summed E-state index contributed by atoms with van der Waals surface area (Å²) in [6, 6.07) is 9.98. The summed E-state index contributed by atoms with van der Waals surface area (Å²) < 4.78 is 0. The van der Waals surface area contributed by atoms with E-state index in [4.69, 9.17) is 5.11 Å². The Kier molecular flexibility index (Phi) is 3.09. The molecule has 1 aromatic carbocycles. The van der Waals surface area contributed by atoms with Gasteiger partial charge in [0.1, 0.15) is 0 Å². The van der Waals surface area contributed by atoms with Gasteiger partial charge in [-0.3, -0.25) is 4.79 Å². The highest BCUT2D eigenvalue weighted by atomic mass is 16.4. The Hall–Kier alpha value is -1.57. The van der Waals surface area contributed by atoms with E-state index in [0.717, 1.165) is 24.8 Å². The van der Waals surface area contributed by atoms with E-state index in [-0.39, 0.29) is 0 Å². The summed E-state index contributed by atoms with van der Waals surface area (Å²) in [6.07, 6.45) is 7.33. The topological polar surface area (TPSA) is 37.3 Å². The number of benzene rings is 1. The van der Waals surface area contributed by atoms with Crippen LogP contribution in [0.3, 0.4) is 0 Å². The van der Waals surface area contributed by atoms with E-state index in [9.17, 15) is 4.79 Å². The molecular formula is C14H16O2. The average Bonchev–Trinajstić information content (AvgIpc) is 2.23. The van der Waals surface area contributed by atoms with Crippen molar-refractivity contribution in [3.8, 4) is 0 Å². The van der Waals surface area contributed by atoms with Gasteiger partial charge in [0.15, 0.2) is 0 Å². The quantitative estimate of drug-likeness (QED) is 0.838. The van der Waals surface area contributed by atoms with E-state index < -0.39 is 11.4 Å². The van der Waals surface area contributed by atoms with Crippen LogP contribution < -0.4 is 0 Å². The monoisotopic (exact) mass is 216 g/mol. The zero-order valence-corrected chi connectivity index (χ0v) is 9.23. The van der Waals surface area contributed by atoms with Crippen molar-refractivity contribution in [2.45, 2.75) is 25.7 Å². The third kappa shape index (κ3) is 2.16. The predicted octanol–water partition coefficient (Wildman–Crippen LogP) is 3.34. The molecule has 0 unspecified atom stereocenters. The molecule has 0 saturated heterocycles. The molecule has 0 aromatic heterocycles. The van der Waals surface area contributed by atoms with Gasteiger partial charge in [0.2, 0.25) is 0 Å². The van der Waals surface area contributed by atoms with E-state index >= 15 is 0 Å². The van der Waals surface area contributed by atoms with Gasteiger partial charge in [0, 0.05) is 0 Å². The van der Waals surface area contributed by atoms with Crippen molar-refractivity contribution in [3.63, 3.8) is 0 Å². The summed E-state index contributed by atoms with van der Waals surface area (Å²) in [4.78, 5) is 11.1. The molecule has 0 amide bonds. The largest absolute Gasteiger partial charge is 0.481 e. The molecule has 1 fully saturated rings.